The van der Waals surface area contributed by atoms with Gasteiger partial charge in [-0.05, 0) is 37.1 Å². The van der Waals surface area contributed by atoms with Crippen molar-refractivity contribution in [2.75, 3.05) is 0 Å². The molecule has 0 aromatic carbocycles. The monoisotopic (exact) mass is 402 g/mol. The van der Waals surface area contributed by atoms with Gasteiger partial charge in [0.1, 0.15) is 6.10 Å². The summed E-state index contributed by atoms with van der Waals surface area (Å²) in [6.07, 6.45) is -0.569. The molecule has 1 heterocycles. The second-order valence-electron chi connectivity index (χ2n) is 9.37. The Hall–Kier alpha value is 0.537. The molecule has 2 radical (unpaired) electrons. The van der Waals surface area contributed by atoms with Crippen LogP contribution in [0.2, 0.25) is 5.04 Å². The van der Waals surface area contributed by atoms with Crippen LogP contribution in [0.1, 0.15) is 41.0 Å². The zero-order valence-corrected chi connectivity index (χ0v) is 17.0. The molecule has 2 N–H and O–H groups in total. The van der Waals surface area contributed by atoms with Crippen LogP contribution >= 0.6 is 15.9 Å². The molecule has 0 aromatic rings. The van der Waals surface area contributed by atoms with Gasteiger partial charge in [-0.25, -0.2) is 0 Å². The summed E-state index contributed by atoms with van der Waals surface area (Å²) in [5.41, 5.74) is -0.927. The van der Waals surface area contributed by atoms with E-state index >= 15 is 0 Å². The second kappa shape index (κ2) is 4.83. The minimum atomic E-state index is -0.795. The van der Waals surface area contributed by atoms with E-state index in [1.54, 1.807) is 0 Å². The van der Waals surface area contributed by atoms with Crippen LogP contribution in [0.25, 0.3) is 0 Å². The summed E-state index contributed by atoms with van der Waals surface area (Å²) in [5, 5.41) is 21.8. The van der Waals surface area contributed by atoms with E-state index in [9.17, 15) is 10.2 Å². The Morgan fingerprint density at radius 3 is 2.43 bits per heavy atom. The van der Waals surface area contributed by atoms with Crippen LogP contribution < -0.4 is 0 Å². The number of hydrogen-bond donors (Lipinski definition) is 2. The van der Waals surface area contributed by atoms with Crippen LogP contribution in [0.3, 0.4) is 0 Å². The first-order chi connectivity index (χ1) is 10.5. The average molecular weight is 403 g/mol. The molecule has 2 bridgehead atoms. The van der Waals surface area contributed by atoms with Crippen LogP contribution in [-0.2, 0) is 9.16 Å². The van der Waals surface area contributed by atoms with Gasteiger partial charge in [-0.2, -0.15) is 0 Å². The lowest BCUT2D eigenvalue weighted by atomic mass is 9.58. The maximum atomic E-state index is 11.1. The number of aliphatic hydroxyl groups excluding tert-OH is 2. The minimum Gasteiger partial charge on any atom is -0.411 e. The van der Waals surface area contributed by atoms with Crippen molar-refractivity contribution in [3.8, 4) is 0 Å². The first-order valence-electron chi connectivity index (χ1n) is 8.63. The van der Waals surface area contributed by atoms with Crippen LogP contribution in [0.15, 0.2) is 0 Å². The maximum Gasteiger partial charge on any atom is 0.236 e. The molecule has 1 aliphatic heterocycles. The van der Waals surface area contributed by atoms with Gasteiger partial charge < -0.3 is 19.4 Å². The summed E-state index contributed by atoms with van der Waals surface area (Å²) in [6, 6.07) is 0. The molecule has 23 heavy (non-hydrogen) atoms. The molecule has 4 nitrogen and oxygen atoms in total. The zero-order valence-electron chi connectivity index (χ0n) is 14.4. The highest BCUT2D eigenvalue weighted by Gasteiger charge is 2.82. The highest BCUT2D eigenvalue weighted by Crippen LogP contribution is 2.75. The van der Waals surface area contributed by atoms with Crippen LogP contribution in [0.4, 0.5) is 0 Å². The number of fused-ring (bicyclic) bond motifs is 2. The van der Waals surface area contributed by atoms with Crippen molar-refractivity contribution in [3.05, 3.63) is 0 Å². The number of ether oxygens (including phenoxy) is 1. The summed E-state index contributed by atoms with van der Waals surface area (Å²) in [7, 11) is 0.358. The van der Waals surface area contributed by atoms with Gasteiger partial charge in [0.15, 0.2) is 0 Å². The van der Waals surface area contributed by atoms with Gasteiger partial charge in [0, 0.05) is 16.2 Å². The molecule has 6 heteroatoms. The van der Waals surface area contributed by atoms with Gasteiger partial charge in [-0.15, -0.1) is 0 Å². The van der Waals surface area contributed by atoms with Gasteiger partial charge in [0.2, 0.25) is 9.76 Å². The van der Waals surface area contributed by atoms with Crippen molar-refractivity contribution >= 4 is 25.7 Å². The summed E-state index contributed by atoms with van der Waals surface area (Å²) >= 11 is 3.85. The van der Waals surface area contributed by atoms with Gasteiger partial charge in [-0.3, -0.25) is 0 Å². The Kier molecular flexibility index (Phi) is 3.56. The van der Waals surface area contributed by atoms with Crippen molar-refractivity contribution < 1.29 is 19.4 Å². The molecular formula is C17H27BrO4Si. The van der Waals surface area contributed by atoms with Crippen LogP contribution in [0, 0.1) is 23.2 Å². The van der Waals surface area contributed by atoms with E-state index in [0.717, 1.165) is 6.42 Å². The summed E-state index contributed by atoms with van der Waals surface area (Å²) in [5.74, 6) is 0.928. The first-order valence-corrected chi connectivity index (χ1v) is 10.5. The van der Waals surface area contributed by atoms with Crippen molar-refractivity contribution in [2.24, 2.45) is 23.2 Å². The van der Waals surface area contributed by atoms with E-state index in [-0.39, 0.29) is 28.0 Å². The maximum absolute atomic E-state index is 11.1. The summed E-state index contributed by atoms with van der Waals surface area (Å²) in [6.45, 7) is 10.7. The number of rotatable bonds is 3. The molecule has 3 saturated carbocycles. The van der Waals surface area contributed by atoms with E-state index in [1.807, 2.05) is 0 Å². The fraction of sp³-hybridized carbons (Fsp3) is 1.00. The minimum absolute atomic E-state index is 0.0929. The van der Waals surface area contributed by atoms with Crippen LogP contribution in [0.5, 0.6) is 0 Å². The molecule has 4 rings (SSSR count). The van der Waals surface area contributed by atoms with Gasteiger partial charge in [-0.1, -0.05) is 36.7 Å². The van der Waals surface area contributed by atoms with Gasteiger partial charge >= 0.3 is 0 Å². The highest BCUT2D eigenvalue weighted by atomic mass is 79.9. The standard InChI is InChI=1S/C17H27BrO4Si/c1-15(2,3)23-22-16(4,5)17-8-6-7-9(17)13(11(19)14(17)20)21-12(7)10(8)18/h7-14,19-20H,6H2,1-5H3. The number of hydrogen-bond acceptors (Lipinski definition) is 4. The van der Waals surface area contributed by atoms with Crippen molar-refractivity contribution in [3.63, 3.8) is 0 Å². The lowest BCUT2D eigenvalue weighted by molar-refractivity contribution is -0.164. The largest absolute Gasteiger partial charge is 0.411 e. The number of halogens is 1. The molecule has 4 fully saturated rings. The molecule has 9 atom stereocenters. The predicted molar refractivity (Wildman–Crippen MR) is 91.5 cm³/mol. The summed E-state index contributed by atoms with van der Waals surface area (Å²) in [4.78, 5) is 0.247. The number of aliphatic hydroxyl groups is 2. The Labute approximate surface area is 149 Å². The fourth-order valence-electron chi connectivity index (χ4n) is 6.14. The highest BCUT2D eigenvalue weighted by molar-refractivity contribution is 9.09. The molecule has 9 unspecified atom stereocenters. The van der Waals surface area contributed by atoms with E-state index in [4.69, 9.17) is 9.16 Å². The first kappa shape index (κ1) is 17.0. The molecule has 0 spiro atoms. The molecule has 0 amide bonds. The topological polar surface area (TPSA) is 58.9 Å². The van der Waals surface area contributed by atoms with Crippen molar-refractivity contribution in [1.82, 2.24) is 0 Å². The predicted octanol–water partition coefficient (Wildman–Crippen LogP) is 2.14. The normalized spacial score (nSPS) is 54.3. The molecule has 3 aliphatic carbocycles. The van der Waals surface area contributed by atoms with E-state index < -0.39 is 23.2 Å². The Morgan fingerprint density at radius 2 is 1.83 bits per heavy atom. The fourth-order valence-corrected chi connectivity index (χ4v) is 8.04. The third-order valence-electron chi connectivity index (χ3n) is 6.75. The Balaban J connectivity index is 1.75. The Morgan fingerprint density at radius 1 is 1.17 bits per heavy atom. The van der Waals surface area contributed by atoms with Gasteiger partial charge in [0.25, 0.3) is 0 Å². The smallest absolute Gasteiger partial charge is 0.236 e. The lowest BCUT2D eigenvalue weighted by Crippen LogP contribution is -2.62. The SMILES string of the molecule is CC(C)(C)[Si]OC(C)(C)C12C(O)C(O)C3OC4C(Br)C1CC4C32. The van der Waals surface area contributed by atoms with Gasteiger partial charge in [0.05, 0.1) is 23.9 Å². The van der Waals surface area contributed by atoms with E-state index in [2.05, 4.69) is 50.5 Å². The molecular weight excluding hydrogens is 376 g/mol. The molecule has 1 saturated heterocycles. The second-order valence-corrected chi connectivity index (χ2v) is 12.3. The zero-order chi connectivity index (χ0) is 16.9. The molecule has 0 aromatic heterocycles. The van der Waals surface area contributed by atoms with Crippen molar-refractivity contribution in [2.45, 2.75) is 80.9 Å². The number of alkyl halides is 1. The third kappa shape index (κ3) is 1.91. The Bertz CT molecular complexity index is 521. The molecule has 4 aliphatic rings. The molecule has 130 valence electrons. The lowest BCUT2D eigenvalue weighted by Gasteiger charge is -2.53. The van der Waals surface area contributed by atoms with Crippen molar-refractivity contribution in [1.29, 1.82) is 0 Å². The van der Waals surface area contributed by atoms with E-state index in [0.29, 0.717) is 21.6 Å². The van der Waals surface area contributed by atoms with E-state index in [1.165, 1.54) is 0 Å². The average Bonchev–Trinajstić information content (AvgIpc) is 3.08. The van der Waals surface area contributed by atoms with Crippen LogP contribution in [-0.4, -0.2) is 54.8 Å². The summed E-state index contributed by atoms with van der Waals surface area (Å²) < 4.78 is 12.6. The quantitative estimate of drug-likeness (QED) is 0.560. The third-order valence-corrected chi connectivity index (χ3v) is 9.13.